The van der Waals surface area contributed by atoms with Gasteiger partial charge in [0.05, 0.1) is 19.3 Å². The zero-order chi connectivity index (χ0) is 10.1. The van der Waals surface area contributed by atoms with Crippen molar-refractivity contribution in [1.29, 1.82) is 0 Å². The molecular weight excluding hydrogens is 178 g/mol. The lowest BCUT2D eigenvalue weighted by molar-refractivity contribution is 0.0328. The molecule has 0 aliphatic rings. The lowest BCUT2D eigenvalue weighted by Crippen LogP contribution is -2.22. The Kier molecular flexibility index (Phi) is 7.17. The first-order chi connectivity index (χ1) is 6.24. The minimum atomic E-state index is -1.24. The van der Waals surface area contributed by atoms with Crippen molar-refractivity contribution >= 4 is 0 Å². The van der Waals surface area contributed by atoms with Crippen LogP contribution in [0, 0.1) is 9.81 Å². The molecule has 0 rings (SSSR count). The largest absolute Gasteiger partial charge is 0.391 e. The van der Waals surface area contributed by atoms with E-state index >= 15 is 0 Å². The standard InChI is InChI=1S/C6H13N3O4/c7-1-2-13-4-5(10)3-6(8-11)9-12/h5-6,10H,1-4,7H2. The molecular formula is C6H13N3O4. The molecule has 0 saturated heterocycles. The SMILES string of the molecule is NCCOCC(O)CC(N=O)N=O. The number of ether oxygens (including phenoxy) is 1. The molecule has 0 heterocycles. The summed E-state index contributed by atoms with van der Waals surface area (Å²) in [7, 11) is 0. The zero-order valence-corrected chi connectivity index (χ0v) is 7.13. The van der Waals surface area contributed by atoms with Gasteiger partial charge in [-0.05, 0) is 10.4 Å². The third-order valence-corrected chi connectivity index (χ3v) is 1.30. The molecule has 0 fully saturated rings. The zero-order valence-electron chi connectivity index (χ0n) is 7.13. The second-order valence-electron chi connectivity index (χ2n) is 2.44. The molecule has 7 heteroatoms. The molecule has 0 aliphatic heterocycles. The number of rotatable bonds is 8. The summed E-state index contributed by atoms with van der Waals surface area (Å²) in [6.45, 7) is 0.706. The number of nitroso groups, excluding NO2 is 2. The maximum absolute atomic E-state index is 9.89. The third-order valence-electron chi connectivity index (χ3n) is 1.30. The van der Waals surface area contributed by atoms with E-state index in [0.29, 0.717) is 13.2 Å². The van der Waals surface area contributed by atoms with E-state index in [0.717, 1.165) is 0 Å². The average molecular weight is 191 g/mol. The lowest BCUT2D eigenvalue weighted by Gasteiger charge is -2.09. The van der Waals surface area contributed by atoms with Crippen molar-refractivity contribution in [3.05, 3.63) is 9.81 Å². The van der Waals surface area contributed by atoms with Crippen molar-refractivity contribution in [3.8, 4) is 0 Å². The monoisotopic (exact) mass is 191 g/mol. The van der Waals surface area contributed by atoms with E-state index in [-0.39, 0.29) is 13.0 Å². The van der Waals surface area contributed by atoms with E-state index in [2.05, 4.69) is 10.4 Å². The Morgan fingerprint density at radius 2 is 2.00 bits per heavy atom. The summed E-state index contributed by atoms with van der Waals surface area (Å²) in [5, 5.41) is 14.0. The van der Waals surface area contributed by atoms with Crippen molar-refractivity contribution in [2.24, 2.45) is 16.1 Å². The van der Waals surface area contributed by atoms with Crippen molar-refractivity contribution in [2.45, 2.75) is 18.7 Å². The number of aliphatic hydroxyl groups excluding tert-OH is 1. The van der Waals surface area contributed by atoms with Gasteiger partial charge in [0.25, 0.3) is 0 Å². The van der Waals surface area contributed by atoms with Crippen LogP contribution in [-0.4, -0.2) is 37.1 Å². The molecule has 1 atom stereocenters. The highest BCUT2D eigenvalue weighted by Gasteiger charge is 2.14. The molecule has 0 amide bonds. The molecule has 0 aromatic carbocycles. The fourth-order valence-electron chi connectivity index (χ4n) is 0.719. The Labute approximate surface area is 75.2 Å². The van der Waals surface area contributed by atoms with Gasteiger partial charge in [-0.3, -0.25) is 0 Å². The van der Waals surface area contributed by atoms with E-state index in [1.54, 1.807) is 0 Å². The van der Waals surface area contributed by atoms with Gasteiger partial charge >= 0.3 is 0 Å². The van der Waals surface area contributed by atoms with Crippen LogP contribution < -0.4 is 5.73 Å². The van der Waals surface area contributed by atoms with Gasteiger partial charge in [-0.25, -0.2) is 0 Å². The molecule has 0 saturated carbocycles. The van der Waals surface area contributed by atoms with E-state index in [4.69, 9.17) is 15.6 Å². The summed E-state index contributed by atoms with van der Waals surface area (Å²) in [6, 6.07) is 0. The van der Waals surface area contributed by atoms with E-state index in [1.165, 1.54) is 0 Å². The van der Waals surface area contributed by atoms with E-state index in [1.807, 2.05) is 0 Å². The van der Waals surface area contributed by atoms with Gasteiger partial charge in [-0.15, -0.1) is 9.81 Å². The quantitative estimate of drug-likeness (QED) is 0.399. The summed E-state index contributed by atoms with van der Waals surface area (Å²) in [4.78, 5) is 19.8. The van der Waals surface area contributed by atoms with Crippen molar-refractivity contribution in [2.75, 3.05) is 19.8 Å². The minimum absolute atomic E-state index is 0.0265. The summed E-state index contributed by atoms with van der Waals surface area (Å²) >= 11 is 0. The molecule has 0 aromatic rings. The highest BCUT2D eigenvalue weighted by Crippen LogP contribution is 2.03. The average Bonchev–Trinajstić information content (AvgIpc) is 2.14. The van der Waals surface area contributed by atoms with Crippen LogP contribution in [0.25, 0.3) is 0 Å². The Bertz CT molecular complexity index is 147. The fourth-order valence-corrected chi connectivity index (χ4v) is 0.719. The predicted molar refractivity (Wildman–Crippen MR) is 45.9 cm³/mol. The fraction of sp³-hybridized carbons (Fsp3) is 1.00. The molecule has 0 radical (unpaired) electrons. The Balaban J connectivity index is 3.53. The van der Waals surface area contributed by atoms with Gasteiger partial charge in [0, 0.05) is 13.0 Å². The first kappa shape index (κ1) is 12.1. The number of hydrogen-bond acceptors (Lipinski definition) is 7. The van der Waals surface area contributed by atoms with Crippen molar-refractivity contribution in [1.82, 2.24) is 0 Å². The van der Waals surface area contributed by atoms with Crippen LogP contribution in [0.5, 0.6) is 0 Å². The van der Waals surface area contributed by atoms with Gasteiger partial charge in [0.2, 0.25) is 6.17 Å². The maximum Gasteiger partial charge on any atom is 0.225 e. The molecule has 0 aromatic heterocycles. The second-order valence-corrected chi connectivity index (χ2v) is 2.44. The highest BCUT2D eigenvalue weighted by atomic mass is 16.5. The number of aliphatic hydroxyl groups is 1. The third kappa shape index (κ3) is 6.26. The lowest BCUT2D eigenvalue weighted by atomic mass is 10.2. The van der Waals surface area contributed by atoms with Crippen LogP contribution in [0.15, 0.2) is 10.4 Å². The highest BCUT2D eigenvalue weighted by molar-refractivity contribution is 4.67. The number of hydrogen-bond donors (Lipinski definition) is 2. The van der Waals surface area contributed by atoms with Crippen LogP contribution in [0.3, 0.4) is 0 Å². The van der Waals surface area contributed by atoms with Crippen LogP contribution in [0.4, 0.5) is 0 Å². The summed E-state index contributed by atoms with van der Waals surface area (Å²) < 4.78 is 4.87. The molecule has 0 bridgehead atoms. The molecule has 76 valence electrons. The maximum atomic E-state index is 9.89. The Morgan fingerprint density at radius 1 is 1.38 bits per heavy atom. The number of nitrogens with two attached hydrogens (primary N) is 1. The van der Waals surface area contributed by atoms with Gasteiger partial charge in [0.15, 0.2) is 0 Å². The topological polar surface area (TPSA) is 114 Å². The van der Waals surface area contributed by atoms with Crippen LogP contribution >= 0.6 is 0 Å². The van der Waals surface area contributed by atoms with Crippen LogP contribution in [0.1, 0.15) is 6.42 Å². The van der Waals surface area contributed by atoms with Crippen LogP contribution in [0.2, 0.25) is 0 Å². The molecule has 1 unspecified atom stereocenters. The van der Waals surface area contributed by atoms with Gasteiger partial charge in [0.1, 0.15) is 0 Å². The van der Waals surface area contributed by atoms with E-state index < -0.39 is 12.3 Å². The molecule has 0 aliphatic carbocycles. The summed E-state index contributed by atoms with van der Waals surface area (Å²) in [6.07, 6.45) is -2.26. The summed E-state index contributed by atoms with van der Waals surface area (Å²) in [5.41, 5.74) is 5.12. The first-order valence-electron chi connectivity index (χ1n) is 3.85. The van der Waals surface area contributed by atoms with E-state index in [9.17, 15) is 9.81 Å². The number of nitrogens with zero attached hydrogens (tertiary/aromatic N) is 2. The Morgan fingerprint density at radius 3 is 2.46 bits per heavy atom. The minimum Gasteiger partial charge on any atom is -0.391 e. The summed E-state index contributed by atoms with van der Waals surface area (Å²) in [5.74, 6) is 0. The molecule has 3 N–H and O–H groups in total. The predicted octanol–water partition coefficient (Wildman–Crippen LogP) is -0.428. The molecule has 0 spiro atoms. The Hall–Kier alpha value is -0.920. The second kappa shape index (κ2) is 7.71. The van der Waals surface area contributed by atoms with Gasteiger partial charge in [-0.2, -0.15) is 0 Å². The van der Waals surface area contributed by atoms with Gasteiger partial charge in [-0.1, -0.05) is 0 Å². The smallest absolute Gasteiger partial charge is 0.225 e. The van der Waals surface area contributed by atoms with Crippen molar-refractivity contribution in [3.63, 3.8) is 0 Å². The van der Waals surface area contributed by atoms with Crippen LogP contribution in [-0.2, 0) is 4.74 Å². The molecule has 7 nitrogen and oxygen atoms in total. The first-order valence-corrected chi connectivity index (χ1v) is 3.85. The normalized spacial score (nSPS) is 12.8. The van der Waals surface area contributed by atoms with Crippen molar-refractivity contribution < 1.29 is 9.84 Å². The molecule has 13 heavy (non-hydrogen) atoms. The van der Waals surface area contributed by atoms with Gasteiger partial charge < -0.3 is 15.6 Å².